The van der Waals surface area contributed by atoms with Gasteiger partial charge in [-0.2, -0.15) is 0 Å². The minimum atomic E-state index is -0.685. The van der Waals surface area contributed by atoms with Gasteiger partial charge in [0.05, 0.1) is 12.0 Å². The molecule has 3 rings (SSSR count). The number of nitrogens with one attached hydrogen (secondary N) is 1. The predicted molar refractivity (Wildman–Crippen MR) is 131 cm³/mol. The topological polar surface area (TPSA) is 90.0 Å². The van der Waals surface area contributed by atoms with Crippen molar-refractivity contribution in [1.82, 2.24) is 15.2 Å². The van der Waals surface area contributed by atoms with E-state index < -0.39 is 5.41 Å². The summed E-state index contributed by atoms with van der Waals surface area (Å²) in [5, 5.41) is 4.06. The molecule has 0 spiro atoms. The Morgan fingerprint density at radius 1 is 1.21 bits per heavy atom. The van der Waals surface area contributed by atoms with Gasteiger partial charge in [-0.15, -0.1) is 0 Å². The number of aromatic nitrogens is 1. The van der Waals surface area contributed by atoms with Crippen LogP contribution in [0, 0.1) is 5.41 Å². The number of hydrogen-bond donors (Lipinski definition) is 1. The van der Waals surface area contributed by atoms with Gasteiger partial charge in [0.1, 0.15) is 23.6 Å². The van der Waals surface area contributed by atoms with Crippen LogP contribution in [0.3, 0.4) is 0 Å². The van der Waals surface area contributed by atoms with E-state index >= 15 is 0 Å². The highest BCUT2D eigenvalue weighted by molar-refractivity contribution is 5.99. The van der Waals surface area contributed by atoms with Gasteiger partial charge < -0.3 is 24.4 Å². The van der Waals surface area contributed by atoms with Crippen molar-refractivity contribution in [3.63, 3.8) is 0 Å². The molecule has 1 fully saturated rings. The molecule has 1 aromatic heterocycles. The number of rotatable bonds is 8. The second-order valence-corrected chi connectivity index (χ2v) is 9.95. The Morgan fingerprint density at radius 2 is 1.97 bits per heavy atom. The normalized spacial score (nSPS) is 16.5. The second kappa shape index (κ2) is 11.1. The molecule has 1 amide bonds. The highest BCUT2D eigenvalue weighted by atomic mass is 16.5. The maximum absolute atomic E-state index is 13.8. The van der Waals surface area contributed by atoms with E-state index in [1.807, 2.05) is 24.8 Å². The first-order valence-electron chi connectivity index (χ1n) is 11.9. The van der Waals surface area contributed by atoms with E-state index in [1.54, 1.807) is 46.1 Å². The van der Waals surface area contributed by atoms with Crippen molar-refractivity contribution >= 4 is 22.8 Å². The molecule has 1 aliphatic heterocycles. The molecule has 1 aromatic carbocycles. The highest BCUT2D eigenvalue weighted by Gasteiger charge is 2.30. The van der Waals surface area contributed by atoms with Crippen LogP contribution in [0.15, 0.2) is 24.3 Å². The second-order valence-electron chi connectivity index (χ2n) is 9.95. The standard InChI is InChI=1S/C26H37N3O5/c1-17(2)29(18-9-8-12-27-16-18)24(30)20-15-22(33-14-13-32-6)19-10-7-11-21(23(19)28-20)34-25(31)26(3,4)5/h7,10-11,15,17-18,27H,8-9,12-14,16H2,1-6H3/t18-/m1/s1. The van der Waals surface area contributed by atoms with Crippen LogP contribution < -0.4 is 14.8 Å². The zero-order valence-electron chi connectivity index (χ0n) is 21.1. The van der Waals surface area contributed by atoms with E-state index in [0.717, 1.165) is 25.9 Å². The highest BCUT2D eigenvalue weighted by Crippen LogP contribution is 2.33. The predicted octanol–water partition coefficient (Wildman–Crippen LogP) is 3.81. The minimum Gasteiger partial charge on any atom is -0.490 e. The van der Waals surface area contributed by atoms with Crippen LogP contribution in [-0.2, 0) is 9.53 Å². The molecule has 2 aromatic rings. The largest absolute Gasteiger partial charge is 0.490 e. The molecule has 0 aliphatic carbocycles. The molecule has 1 aliphatic rings. The lowest BCUT2D eigenvalue weighted by atomic mass is 9.97. The van der Waals surface area contributed by atoms with Gasteiger partial charge in [-0.25, -0.2) is 4.98 Å². The summed E-state index contributed by atoms with van der Waals surface area (Å²) in [6.07, 6.45) is 1.96. The number of methoxy groups -OCH3 is 1. The maximum atomic E-state index is 13.8. The summed E-state index contributed by atoms with van der Waals surface area (Å²) in [4.78, 5) is 33.0. The average molecular weight is 472 g/mol. The van der Waals surface area contributed by atoms with Crippen LogP contribution in [0.4, 0.5) is 0 Å². The van der Waals surface area contributed by atoms with Crippen molar-refractivity contribution in [2.45, 2.75) is 59.5 Å². The van der Waals surface area contributed by atoms with Gasteiger partial charge in [0, 0.05) is 37.2 Å². The van der Waals surface area contributed by atoms with E-state index in [9.17, 15) is 9.59 Å². The number of esters is 1. The Kier molecular flexibility index (Phi) is 8.49. The van der Waals surface area contributed by atoms with Gasteiger partial charge in [-0.1, -0.05) is 6.07 Å². The summed E-state index contributed by atoms with van der Waals surface area (Å²) in [7, 11) is 1.60. The molecule has 0 bridgehead atoms. The van der Waals surface area contributed by atoms with Crippen LogP contribution >= 0.6 is 0 Å². The van der Waals surface area contributed by atoms with Gasteiger partial charge in [-0.05, 0) is 66.1 Å². The first-order chi connectivity index (χ1) is 16.1. The zero-order chi connectivity index (χ0) is 24.9. The number of para-hydroxylation sites is 1. The minimum absolute atomic E-state index is 0.00159. The van der Waals surface area contributed by atoms with E-state index in [-0.39, 0.29) is 29.7 Å². The van der Waals surface area contributed by atoms with Gasteiger partial charge in [0.2, 0.25) is 0 Å². The number of piperidine rings is 1. The quantitative estimate of drug-likeness (QED) is 0.356. The number of ether oxygens (including phenoxy) is 3. The van der Waals surface area contributed by atoms with Crippen molar-refractivity contribution in [1.29, 1.82) is 0 Å². The molecule has 2 heterocycles. The Hall–Kier alpha value is -2.71. The molecule has 1 N–H and O–H groups in total. The molecule has 1 atom stereocenters. The Morgan fingerprint density at radius 3 is 2.59 bits per heavy atom. The summed E-state index contributed by atoms with van der Waals surface area (Å²) in [5.41, 5.74) is -0.00203. The Balaban J connectivity index is 2.08. The molecule has 8 heteroatoms. The van der Waals surface area contributed by atoms with E-state index in [1.165, 1.54) is 0 Å². The van der Waals surface area contributed by atoms with Crippen molar-refractivity contribution in [3.05, 3.63) is 30.0 Å². The van der Waals surface area contributed by atoms with Gasteiger partial charge >= 0.3 is 5.97 Å². The van der Waals surface area contributed by atoms with E-state index in [4.69, 9.17) is 19.2 Å². The summed E-state index contributed by atoms with van der Waals surface area (Å²) in [5.74, 6) is 0.264. The van der Waals surface area contributed by atoms with Crippen molar-refractivity contribution in [2.24, 2.45) is 5.41 Å². The van der Waals surface area contributed by atoms with Gasteiger partial charge in [0.25, 0.3) is 5.91 Å². The molecule has 8 nitrogen and oxygen atoms in total. The van der Waals surface area contributed by atoms with Crippen LogP contribution in [0.2, 0.25) is 0 Å². The lowest BCUT2D eigenvalue weighted by Gasteiger charge is -2.37. The fraction of sp³-hybridized carbons (Fsp3) is 0.577. The first-order valence-corrected chi connectivity index (χ1v) is 11.9. The Bertz CT molecular complexity index is 1010. The number of amides is 1. The fourth-order valence-electron chi connectivity index (χ4n) is 4.02. The molecule has 1 saturated heterocycles. The summed E-state index contributed by atoms with van der Waals surface area (Å²) in [6.45, 7) is 11.8. The SMILES string of the molecule is COCCOc1cc(C(=O)N(C(C)C)[C@@H]2CCCNC2)nc2c(OC(=O)C(C)(C)C)cccc12. The Labute approximate surface area is 202 Å². The maximum Gasteiger partial charge on any atom is 0.316 e. The number of hydrogen-bond acceptors (Lipinski definition) is 7. The number of carbonyl (C=O) groups excluding carboxylic acids is 2. The summed E-state index contributed by atoms with van der Waals surface area (Å²) in [6, 6.07) is 7.10. The zero-order valence-corrected chi connectivity index (χ0v) is 21.1. The number of nitrogens with zero attached hydrogens (tertiary/aromatic N) is 2. The smallest absolute Gasteiger partial charge is 0.316 e. The van der Waals surface area contributed by atoms with Crippen LogP contribution in [0.1, 0.15) is 57.9 Å². The summed E-state index contributed by atoms with van der Waals surface area (Å²) >= 11 is 0. The average Bonchev–Trinajstić information content (AvgIpc) is 2.79. The van der Waals surface area contributed by atoms with Crippen LogP contribution in [0.25, 0.3) is 10.9 Å². The van der Waals surface area contributed by atoms with Crippen molar-refractivity contribution in [3.8, 4) is 11.5 Å². The molecule has 0 unspecified atom stereocenters. The fourth-order valence-corrected chi connectivity index (χ4v) is 4.02. The number of pyridine rings is 1. The molecule has 186 valence electrons. The summed E-state index contributed by atoms with van der Waals surface area (Å²) < 4.78 is 16.8. The van der Waals surface area contributed by atoms with E-state index in [2.05, 4.69) is 5.32 Å². The number of benzene rings is 1. The lowest BCUT2D eigenvalue weighted by Crippen LogP contribution is -2.51. The van der Waals surface area contributed by atoms with Crippen LogP contribution in [0.5, 0.6) is 11.5 Å². The molecule has 34 heavy (non-hydrogen) atoms. The molecular weight excluding hydrogens is 434 g/mol. The lowest BCUT2D eigenvalue weighted by molar-refractivity contribution is -0.142. The van der Waals surface area contributed by atoms with Gasteiger partial charge in [-0.3, -0.25) is 9.59 Å². The van der Waals surface area contributed by atoms with E-state index in [0.29, 0.717) is 35.6 Å². The third-order valence-electron chi connectivity index (χ3n) is 5.80. The van der Waals surface area contributed by atoms with Gasteiger partial charge in [0.15, 0.2) is 5.75 Å². The third kappa shape index (κ3) is 6.04. The first kappa shape index (κ1) is 25.9. The number of carbonyl (C=O) groups is 2. The number of fused-ring (bicyclic) bond motifs is 1. The molecule has 0 radical (unpaired) electrons. The van der Waals surface area contributed by atoms with Crippen molar-refractivity contribution in [2.75, 3.05) is 33.4 Å². The van der Waals surface area contributed by atoms with Crippen molar-refractivity contribution < 1.29 is 23.8 Å². The third-order valence-corrected chi connectivity index (χ3v) is 5.80. The monoisotopic (exact) mass is 471 g/mol. The molecule has 0 saturated carbocycles. The molecular formula is C26H37N3O5. The van der Waals surface area contributed by atoms with Crippen LogP contribution in [-0.4, -0.2) is 67.3 Å².